The lowest BCUT2D eigenvalue weighted by Gasteiger charge is -2.11. The summed E-state index contributed by atoms with van der Waals surface area (Å²) in [6.45, 7) is 0. The maximum atomic E-state index is 12.3. The molecule has 12 nitrogen and oxygen atoms in total. The third kappa shape index (κ3) is 4.94. The molecule has 0 aliphatic rings. The number of nitro groups is 2. The Hall–Kier alpha value is -4.03. The van der Waals surface area contributed by atoms with Gasteiger partial charge in [-0.1, -0.05) is 35.3 Å². The lowest BCUT2D eigenvalue weighted by Crippen LogP contribution is -2.30. The van der Waals surface area contributed by atoms with Crippen molar-refractivity contribution in [1.82, 2.24) is 15.4 Å². The third-order valence-electron chi connectivity index (χ3n) is 3.83. The molecule has 3 aromatic rings. The number of benzene rings is 2. The van der Waals surface area contributed by atoms with E-state index in [0.717, 1.165) is 12.4 Å². The average Bonchev–Trinajstić information content (AvgIpc) is 2.74. The molecule has 0 bridgehead atoms. The number of anilines is 3. The molecule has 1 heterocycles. The van der Waals surface area contributed by atoms with Crippen LogP contribution in [-0.4, -0.2) is 25.7 Å². The molecule has 14 heteroatoms. The number of carbonyl (C=O) groups excluding carboxylic acids is 1. The van der Waals surface area contributed by atoms with Crippen LogP contribution in [0.15, 0.2) is 48.8 Å². The molecule has 0 radical (unpaired) electrons. The van der Waals surface area contributed by atoms with Crippen LogP contribution in [-0.2, 0) is 0 Å². The number of halogens is 2. The smallest absolute Gasteiger partial charge is 0.334 e. The molecular formula is C17H11Cl2N7O5. The minimum atomic E-state index is -0.890. The van der Waals surface area contributed by atoms with E-state index in [4.69, 9.17) is 23.2 Å². The van der Waals surface area contributed by atoms with E-state index in [2.05, 4.69) is 26.1 Å². The second kappa shape index (κ2) is 9.19. The number of amides is 1. The Morgan fingerprint density at radius 2 is 1.65 bits per heavy atom. The van der Waals surface area contributed by atoms with Crippen LogP contribution < -0.4 is 16.2 Å². The van der Waals surface area contributed by atoms with Crippen molar-refractivity contribution in [3.8, 4) is 0 Å². The van der Waals surface area contributed by atoms with Gasteiger partial charge in [-0.3, -0.25) is 35.9 Å². The molecule has 1 aromatic heterocycles. The zero-order valence-electron chi connectivity index (χ0n) is 15.2. The molecule has 158 valence electrons. The Bertz CT molecular complexity index is 1190. The van der Waals surface area contributed by atoms with Crippen molar-refractivity contribution < 1.29 is 14.6 Å². The highest BCUT2D eigenvalue weighted by molar-refractivity contribution is 6.42. The first-order chi connectivity index (χ1) is 14.8. The molecule has 3 rings (SSSR count). The number of hydrogen-bond donors (Lipinski definition) is 3. The van der Waals surface area contributed by atoms with Crippen molar-refractivity contribution in [2.75, 3.05) is 10.7 Å². The number of carbonyl (C=O) groups is 1. The van der Waals surface area contributed by atoms with Crippen LogP contribution in [0.4, 0.5) is 28.7 Å². The average molecular weight is 464 g/mol. The van der Waals surface area contributed by atoms with E-state index in [1.807, 2.05) is 0 Å². The minimum Gasteiger partial charge on any atom is -0.334 e. The normalized spacial score (nSPS) is 10.3. The fourth-order valence-electron chi connectivity index (χ4n) is 2.45. The van der Waals surface area contributed by atoms with Gasteiger partial charge in [-0.2, -0.15) is 0 Å². The summed E-state index contributed by atoms with van der Waals surface area (Å²) in [5, 5.41) is 25.9. The molecular weight excluding hydrogens is 453 g/mol. The number of nitrogens with one attached hydrogen (secondary N) is 3. The number of rotatable bonds is 7. The van der Waals surface area contributed by atoms with Gasteiger partial charge in [0, 0.05) is 11.8 Å². The topological polar surface area (TPSA) is 165 Å². The van der Waals surface area contributed by atoms with Crippen molar-refractivity contribution in [2.24, 2.45) is 0 Å². The van der Waals surface area contributed by atoms with Crippen LogP contribution in [0, 0.1) is 20.2 Å². The first-order valence-corrected chi connectivity index (χ1v) is 9.04. The highest BCUT2D eigenvalue weighted by Crippen LogP contribution is 2.32. The van der Waals surface area contributed by atoms with Crippen molar-refractivity contribution in [3.63, 3.8) is 0 Å². The first-order valence-electron chi connectivity index (χ1n) is 8.29. The summed E-state index contributed by atoms with van der Waals surface area (Å²) in [6, 6.07) is 9.70. The molecule has 0 unspecified atom stereocenters. The molecule has 31 heavy (non-hydrogen) atoms. The fourth-order valence-corrected chi connectivity index (χ4v) is 2.75. The summed E-state index contributed by atoms with van der Waals surface area (Å²) in [4.78, 5) is 41.1. The molecule has 0 aliphatic carbocycles. The number of hydrogen-bond acceptors (Lipinski definition) is 9. The van der Waals surface area contributed by atoms with E-state index in [1.54, 1.807) is 0 Å². The Balaban J connectivity index is 1.86. The largest absolute Gasteiger partial charge is 0.355 e. The molecule has 2 aromatic carbocycles. The maximum absolute atomic E-state index is 12.3. The molecule has 0 spiro atoms. The summed E-state index contributed by atoms with van der Waals surface area (Å²) in [6.07, 6.45) is 1.02. The summed E-state index contributed by atoms with van der Waals surface area (Å²) in [5.41, 5.74) is 3.57. The number of aromatic nitrogens is 2. The summed E-state index contributed by atoms with van der Waals surface area (Å²) >= 11 is 11.8. The van der Waals surface area contributed by atoms with Crippen molar-refractivity contribution >= 4 is 57.8 Å². The van der Waals surface area contributed by atoms with Gasteiger partial charge in [0.15, 0.2) is 0 Å². The molecule has 0 atom stereocenters. The van der Waals surface area contributed by atoms with Crippen molar-refractivity contribution in [2.45, 2.75) is 0 Å². The molecule has 0 saturated heterocycles. The summed E-state index contributed by atoms with van der Waals surface area (Å²) < 4.78 is 0. The van der Waals surface area contributed by atoms with Gasteiger partial charge < -0.3 is 5.32 Å². The standard InChI is InChI=1S/C17H11Cl2N7O5/c18-11-6-5-9(7-12(11)19)22-15-14(26(30)31)16(21-8-20-15)23-24-17(27)10-3-1-2-4-13(10)25(28)29/h1-8H,(H,24,27)(H2,20,21,22,23). The highest BCUT2D eigenvalue weighted by Gasteiger charge is 2.25. The monoisotopic (exact) mass is 463 g/mol. The minimum absolute atomic E-state index is 0.194. The molecule has 3 N–H and O–H groups in total. The lowest BCUT2D eigenvalue weighted by atomic mass is 10.2. The second-order valence-corrected chi connectivity index (χ2v) is 6.60. The van der Waals surface area contributed by atoms with Crippen molar-refractivity contribution in [3.05, 3.63) is 84.6 Å². The van der Waals surface area contributed by atoms with Crippen LogP contribution >= 0.6 is 23.2 Å². The van der Waals surface area contributed by atoms with E-state index in [9.17, 15) is 25.0 Å². The van der Waals surface area contributed by atoms with Gasteiger partial charge in [0.1, 0.15) is 11.9 Å². The predicted molar refractivity (Wildman–Crippen MR) is 113 cm³/mol. The zero-order valence-corrected chi connectivity index (χ0v) is 16.7. The molecule has 0 saturated carbocycles. The van der Waals surface area contributed by atoms with Crippen LogP contribution in [0.5, 0.6) is 0 Å². The fraction of sp³-hybridized carbons (Fsp3) is 0. The Kier molecular flexibility index (Phi) is 6.43. The number of para-hydroxylation sites is 1. The third-order valence-corrected chi connectivity index (χ3v) is 4.57. The lowest BCUT2D eigenvalue weighted by molar-refractivity contribution is -0.385. The number of hydrazine groups is 1. The van der Waals surface area contributed by atoms with E-state index < -0.39 is 27.1 Å². The van der Waals surface area contributed by atoms with E-state index >= 15 is 0 Å². The van der Waals surface area contributed by atoms with Crippen LogP contribution in [0.2, 0.25) is 10.0 Å². The van der Waals surface area contributed by atoms with Gasteiger partial charge in [0.2, 0.25) is 11.6 Å². The van der Waals surface area contributed by atoms with E-state index in [1.165, 1.54) is 36.4 Å². The van der Waals surface area contributed by atoms with Gasteiger partial charge in [-0.05, 0) is 24.3 Å². The van der Waals surface area contributed by atoms with E-state index in [0.29, 0.717) is 10.7 Å². The number of nitro benzene ring substituents is 1. The molecule has 0 aliphatic heterocycles. The summed E-state index contributed by atoms with van der Waals surface area (Å²) in [5.74, 6) is -1.44. The van der Waals surface area contributed by atoms with Gasteiger partial charge in [0.25, 0.3) is 11.6 Å². The van der Waals surface area contributed by atoms with Gasteiger partial charge in [0.05, 0.1) is 19.9 Å². The number of nitrogens with zero attached hydrogens (tertiary/aromatic N) is 4. The molecule has 0 fully saturated rings. The highest BCUT2D eigenvalue weighted by atomic mass is 35.5. The second-order valence-electron chi connectivity index (χ2n) is 5.78. The molecule has 1 amide bonds. The van der Waals surface area contributed by atoms with Gasteiger partial charge >= 0.3 is 5.69 Å². The Labute approximate surface area is 183 Å². The van der Waals surface area contributed by atoms with E-state index in [-0.39, 0.29) is 22.2 Å². The Morgan fingerprint density at radius 3 is 2.32 bits per heavy atom. The predicted octanol–water partition coefficient (Wildman–Crippen LogP) is 4.10. The van der Waals surface area contributed by atoms with Crippen LogP contribution in [0.3, 0.4) is 0 Å². The van der Waals surface area contributed by atoms with Gasteiger partial charge in [-0.15, -0.1) is 0 Å². The Morgan fingerprint density at radius 1 is 0.935 bits per heavy atom. The SMILES string of the molecule is O=C(NNc1ncnc(Nc2ccc(Cl)c(Cl)c2)c1[N+](=O)[O-])c1ccccc1[N+](=O)[O-]. The maximum Gasteiger partial charge on any atom is 0.355 e. The van der Waals surface area contributed by atoms with Gasteiger partial charge in [-0.25, -0.2) is 9.97 Å². The van der Waals surface area contributed by atoms with Crippen LogP contribution in [0.1, 0.15) is 10.4 Å². The first kappa shape index (κ1) is 21.7. The van der Waals surface area contributed by atoms with Crippen molar-refractivity contribution in [1.29, 1.82) is 0 Å². The quantitative estimate of drug-likeness (QED) is 0.345. The zero-order chi connectivity index (χ0) is 22.5. The van der Waals surface area contributed by atoms with Crippen LogP contribution in [0.25, 0.3) is 0 Å². The summed E-state index contributed by atoms with van der Waals surface area (Å²) in [7, 11) is 0.